The van der Waals surface area contributed by atoms with E-state index in [0.29, 0.717) is 23.2 Å². The second kappa shape index (κ2) is 3.89. The summed E-state index contributed by atoms with van der Waals surface area (Å²) >= 11 is 0. The molecule has 1 heteroatoms. The average molecular weight is 217 g/mol. The molecule has 1 aromatic rings. The molecule has 1 fully saturated rings. The van der Waals surface area contributed by atoms with Crippen LogP contribution < -0.4 is 5.73 Å². The van der Waals surface area contributed by atoms with E-state index in [9.17, 15) is 0 Å². The Bertz CT molecular complexity index is 379. The summed E-state index contributed by atoms with van der Waals surface area (Å²) in [5.41, 5.74) is 9.15. The summed E-state index contributed by atoms with van der Waals surface area (Å²) in [4.78, 5) is 0. The molecule has 0 heterocycles. The summed E-state index contributed by atoms with van der Waals surface area (Å²) < 4.78 is 0. The van der Waals surface area contributed by atoms with Gasteiger partial charge in [-0.2, -0.15) is 0 Å². The van der Waals surface area contributed by atoms with Crippen LogP contribution in [-0.2, 0) is 0 Å². The van der Waals surface area contributed by atoms with Crippen molar-refractivity contribution in [2.45, 2.75) is 39.5 Å². The van der Waals surface area contributed by atoms with Gasteiger partial charge in [-0.05, 0) is 40.8 Å². The van der Waals surface area contributed by atoms with Crippen LogP contribution in [0.3, 0.4) is 0 Å². The van der Waals surface area contributed by atoms with Crippen molar-refractivity contribution in [3.63, 3.8) is 0 Å². The molecule has 16 heavy (non-hydrogen) atoms. The van der Waals surface area contributed by atoms with Gasteiger partial charge in [0.1, 0.15) is 0 Å². The molecule has 88 valence electrons. The Hall–Kier alpha value is -0.820. The molecule has 1 saturated carbocycles. The van der Waals surface area contributed by atoms with Crippen molar-refractivity contribution in [3.05, 3.63) is 35.4 Å². The lowest BCUT2D eigenvalue weighted by atomic mass is 9.96. The molecule has 0 saturated heterocycles. The van der Waals surface area contributed by atoms with Gasteiger partial charge in [-0.25, -0.2) is 0 Å². The fourth-order valence-corrected chi connectivity index (χ4v) is 2.96. The first-order chi connectivity index (χ1) is 7.48. The first kappa shape index (κ1) is 11.7. The van der Waals surface area contributed by atoms with Crippen LogP contribution in [0.1, 0.15) is 50.7 Å². The Morgan fingerprint density at radius 3 is 2.50 bits per heavy atom. The smallest absolute Gasteiger partial charge is 0.00375 e. The first-order valence-corrected chi connectivity index (χ1v) is 6.28. The number of rotatable bonds is 3. The average Bonchev–Trinajstić information content (AvgIpc) is 2.80. The second-order valence-electron chi connectivity index (χ2n) is 5.97. The van der Waals surface area contributed by atoms with Gasteiger partial charge in [-0.1, -0.05) is 52.0 Å². The summed E-state index contributed by atoms with van der Waals surface area (Å²) in [6.07, 6.45) is 0. The maximum atomic E-state index is 5.84. The van der Waals surface area contributed by atoms with Crippen molar-refractivity contribution < 1.29 is 0 Å². The van der Waals surface area contributed by atoms with Crippen LogP contribution in [0.2, 0.25) is 0 Å². The van der Waals surface area contributed by atoms with Crippen LogP contribution in [-0.4, -0.2) is 6.54 Å². The molecule has 0 amide bonds. The van der Waals surface area contributed by atoms with Gasteiger partial charge in [0.25, 0.3) is 0 Å². The maximum Gasteiger partial charge on any atom is -0.00375 e. The van der Waals surface area contributed by atoms with Gasteiger partial charge in [-0.3, -0.25) is 0 Å². The van der Waals surface area contributed by atoms with Crippen LogP contribution in [0.4, 0.5) is 0 Å². The predicted molar refractivity (Wildman–Crippen MR) is 69.6 cm³/mol. The van der Waals surface area contributed by atoms with Crippen molar-refractivity contribution in [2.24, 2.45) is 17.1 Å². The Kier molecular flexibility index (Phi) is 2.83. The van der Waals surface area contributed by atoms with Gasteiger partial charge >= 0.3 is 0 Å². The third-order valence-electron chi connectivity index (χ3n) is 4.24. The Labute approximate surface area is 99.0 Å². The minimum atomic E-state index is 0.393. The molecule has 1 nitrogen and oxygen atoms in total. The molecular formula is C15H23N. The Morgan fingerprint density at radius 2 is 2.00 bits per heavy atom. The van der Waals surface area contributed by atoms with Crippen LogP contribution in [0.25, 0.3) is 0 Å². The highest BCUT2D eigenvalue weighted by molar-refractivity contribution is 5.35. The summed E-state index contributed by atoms with van der Waals surface area (Å²) in [6.45, 7) is 9.97. The van der Waals surface area contributed by atoms with E-state index < -0.39 is 0 Å². The minimum absolute atomic E-state index is 0.393. The zero-order chi connectivity index (χ0) is 11.9. The topological polar surface area (TPSA) is 26.0 Å². The quantitative estimate of drug-likeness (QED) is 0.824. The van der Waals surface area contributed by atoms with E-state index in [2.05, 4.69) is 52.0 Å². The van der Waals surface area contributed by atoms with Crippen molar-refractivity contribution >= 4 is 0 Å². The van der Waals surface area contributed by atoms with Gasteiger partial charge in [0.05, 0.1) is 0 Å². The van der Waals surface area contributed by atoms with E-state index in [4.69, 9.17) is 5.73 Å². The maximum absolute atomic E-state index is 5.84. The number of benzene rings is 1. The van der Waals surface area contributed by atoms with Gasteiger partial charge in [-0.15, -0.1) is 0 Å². The molecular weight excluding hydrogens is 194 g/mol. The van der Waals surface area contributed by atoms with Gasteiger partial charge in [0.2, 0.25) is 0 Å². The van der Waals surface area contributed by atoms with E-state index in [-0.39, 0.29) is 0 Å². The number of hydrogen-bond acceptors (Lipinski definition) is 1. The summed E-state index contributed by atoms with van der Waals surface area (Å²) in [5, 5.41) is 0. The minimum Gasteiger partial charge on any atom is -0.330 e. The van der Waals surface area contributed by atoms with Gasteiger partial charge in [0, 0.05) is 0 Å². The normalized spacial score (nSPS) is 27.1. The highest BCUT2D eigenvalue weighted by atomic mass is 14.7. The highest BCUT2D eigenvalue weighted by Gasteiger charge is 2.57. The Balaban J connectivity index is 2.26. The summed E-state index contributed by atoms with van der Waals surface area (Å²) in [6, 6.07) is 9.04. The highest BCUT2D eigenvalue weighted by Crippen LogP contribution is 2.63. The van der Waals surface area contributed by atoms with Crippen LogP contribution in [0.5, 0.6) is 0 Å². The summed E-state index contributed by atoms with van der Waals surface area (Å²) in [5.74, 6) is 1.93. The predicted octanol–water partition coefficient (Wildman–Crippen LogP) is 3.51. The zero-order valence-electron chi connectivity index (χ0n) is 10.8. The lowest BCUT2D eigenvalue weighted by molar-refractivity contribution is 0.558. The number of nitrogens with two attached hydrogens (primary N) is 1. The SMILES string of the molecule is CC(C)c1cccc([C@@H]2[C@@H](CN)C2(C)C)c1. The van der Waals surface area contributed by atoms with Crippen LogP contribution in [0, 0.1) is 11.3 Å². The lowest BCUT2D eigenvalue weighted by Gasteiger charge is -2.09. The molecule has 2 rings (SSSR count). The van der Waals surface area contributed by atoms with E-state index in [1.165, 1.54) is 11.1 Å². The van der Waals surface area contributed by atoms with E-state index in [0.717, 1.165) is 6.54 Å². The van der Waals surface area contributed by atoms with Gasteiger partial charge < -0.3 is 5.73 Å². The van der Waals surface area contributed by atoms with Crippen molar-refractivity contribution in [2.75, 3.05) is 6.54 Å². The van der Waals surface area contributed by atoms with Crippen molar-refractivity contribution in [3.8, 4) is 0 Å². The molecule has 0 bridgehead atoms. The van der Waals surface area contributed by atoms with E-state index in [1.807, 2.05) is 0 Å². The molecule has 1 aromatic carbocycles. The molecule has 1 aliphatic rings. The monoisotopic (exact) mass is 217 g/mol. The molecule has 0 aromatic heterocycles. The molecule has 0 aliphatic heterocycles. The fraction of sp³-hybridized carbons (Fsp3) is 0.600. The molecule has 0 spiro atoms. The van der Waals surface area contributed by atoms with Crippen molar-refractivity contribution in [1.82, 2.24) is 0 Å². The standard InChI is InChI=1S/C15H23N/c1-10(2)11-6-5-7-12(8-11)14-13(9-16)15(14,3)4/h5-8,10,13-14H,9,16H2,1-4H3/t13-,14-/m1/s1. The van der Waals surface area contributed by atoms with Crippen molar-refractivity contribution in [1.29, 1.82) is 0 Å². The van der Waals surface area contributed by atoms with Crippen LogP contribution in [0.15, 0.2) is 24.3 Å². The molecule has 1 aliphatic carbocycles. The largest absolute Gasteiger partial charge is 0.330 e. The molecule has 2 N–H and O–H groups in total. The molecule has 0 radical (unpaired) electrons. The fourth-order valence-electron chi connectivity index (χ4n) is 2.96. The van der Waals surface area contributed by atoms with E-state index in [1.54, 1.807) is 0 Å². The van der Waals surface area contributed by atoms with Gasteiger partial charge in [0.15, 0.2) is 0 Å². The molecule has 0 unspecified atom stereocenters. The van der Waals surface area contributed by atoms with E-state index >= 15 is 0 Å². The third kappa shape index (κ3) is 1.78. The molecule has 2 atom stereocenters. The second-order valence-corrected chi connectivity index (χ2v) is 5.97. The zero-order valence-corrected chi connectivity index (χ0v) is 10.8. The Morgan fingerprint density at radius 1 is 1.31 bits per heavy atom. The summed E-state index contributed by atoms with van der Waals surface area (Å²) in [7, 11) is 0. The first-order valence-electron chi connectivity index (χ1n) is 6.28. The van der Waals surface area contributed by atoms with Crippen LogP contribution >= 0.6 is 0 Å². The lowest BCUT2D eigenvalue weighted by Crippen LogP contribution is -2.05. The third-order valence-corrected chi connectivity index (χ3v) is 4.24. The number of hydrogen-bond donors (Lipinski definition) is 1.